The third-order valence-electron chi connectivity index (χ3n) is 5.77. The number of halogens is 1. The molecule has 0 amide bonds. The van der Waals surface area contributed by atoms with Gasteiger partial charge in [-0.05, 0) is 86.3 Å². The summed E-state index contributed by atoms with van der Waals surface area (Å²) in [6.45, 7) is 16.7. The number of hydrogen-bond donors (Lipinski definition) is 0. The topological polar surface area (TPSA) is 26.3 Å². The zero-order valence-corrected chi connectivity index (χ0v) is 18.2. The summed E-state index contributed by atoms with van der Waals surface area (Å²) in [5.74, 6) is -0.641. The van der Waals surface area contributed by atoms with Gasteiger partial charge in [-0.1, -0.05) is 39.0 Å². The number of rotatable bonds is 6. The average Bonchev–Trinajstić information content (AvgIpc) is 2.65. The highest BCUT2D eigenvalue weighted by atomic mass is 19.1. The average molecular weight is 385 g/mol. The van der Waals surface area contributed by atoms with Crippen molar-refractivity contribution in [2.24, 2.45) is 5.41 Å². The van der Waals surface area contributed by atoms with Crippen molar-refractivity contribution in [2.75, 3.05) is 6.61 Å². The van der Waals surface area contributed by atoms with Crippen LogP contribution in [0.4, 0.5) is 4.39 Å². The second-order valence-corrected chi connectivity index (χ2v) is 8.26. The molecule has 3 heteroatoms. The Balaban J connectivity index is 2.48. The van der Waals surface area contributed by atoms with Gasteiger partial charge in [0.05, 0.1) is 12.2 Å². The molecule has 0 fully saturated rings. The summed E-state index contributed by atoms with van der Waals surface area (Å²) >= 11 is 0. The molecular weight excluding hydrogens is 351 g/mol. The van der Waals surface area contributed by atoms with E-state index in [0.29, 0.717) is 29.7 Å². The lowest BCUT2D eigenvalue weighted by Gasteiger charge is -2.36. The Bertz CT molecular complexity index is 840. The van der Waals surface area contributed by atoms with E-state index in [1.54, 1.807) is 32.0 Å². The van der Waals surface area contributed by atoms with Crippen LogP contribution in [0.3, 0.4) is 0 Å². The summed E-state index contributed by atoms with van der Waals surface area (Å²) in [4.78, 5) is 12.0. The first-order chi connectivity index (χ1) is 13.1. The van der Waals surface area contributed by atoms with Crippen molar-refractivity contribution in [3.05, 3.63) is 63.8 Å². The molecule has 1 aliphatic rings. The van der Waals surface area contributed by atoms with Crippen LogP contribution >= 0.6 is 0 Å². The summed E-state index contributed by atoms with van der Waals surface area (Å²) in [6.07, 6.45) is 3.92. The summed E-state index contributed by atoms with van der Waals surface area (Å²) in [5.41, 5.74) is 5.64. The minimum absolute atomic E-state index is 0.00229. The molecule has 0 atom stereocenters. The van der Waals surface area contributed by atoms with Crippen LogP contribution in [0.5, 0.6) is 0 Å². The summed E-state index contributed by atoms with van der Waals surface area (Å²) in [6, 6.07) is 5.06. The molecule has 0 aromatic heterocycles. The van der Waals surface area contributed by atoms with Gasteiger partial charge in [0, 0.05) is 5.56 Å². The lowest BCUT2D eigenvalue weighted by Crippen LogP contribution is -2.22. The van der Waals surface area contributed by atoms with Crippen molar-refractivity contribution in [3.8, 4) is 0 Å². The maximum atomic E-state index is 15.5. The Labute approximate surface area is 169 Å². The fourth-order valence-electron chi connectivity index (χ4n) is 4.25. The van der Waals surface area contributed by atoms with Crippen LogP contribution in [0.25, 0.3) is 5.83 Å². The molecule has 0 N–H and O–H groups in total. The summed E-state index contributed by atoms with van der Waals surface area (Å²) < 4.78 is 20.6. The number of benzene rings is 1. The van der Waals surface area contributed by atoms with Gasteiger partial charge in [-0.15, -0.1) is 0 Å². The number of carbonyl (C=O) groups is 1. The SMILES string of the molecule is C=C(C1=C(C)CCCC1(C)C)/C(C)=C(\F)c1ccc(C(=O)OCC)cc1CC. The first-order valence-corrected chi connectivity index (χ1v) is 10.2. The number of allylic oxidation sites excluding steroid dienone is 4. The van der Waals surface area contributed by atoms with Crippen molar-refractivity contribution in [3.63, 3.8) is 0 Å². The van der Waals surface area contributed by atoms with E-state index in [1.165, 1.54) is 11.1 Å². The quantitative estimate of drug-likeness (QED) is 0.382. The minimum Gasteiger partial charge on any atom is -0.462 e. The number of carbonyl (C=O) groups excluding carboxylic acids is 1. The van der Waals surface area contributed by atoms with Crippen molar-refractivity contribution in [2.45, 2.75) is 67.2 Å². The van der Waals surface area contributed by atoms with Crippen LogP contribution in [-0.2, 0) is 11.2 Å². The Kier molecular flexibility index (Phi) is 7.03. The number of ether oxygens (including phenoxy) is 1. The first kappa shape index (κ1) is 22.1. The first-order valence-electron chi connectivity index (χ1n) is 10.2. The standard InChI is InChI=1S/C25H33FO2/c1-8-19-15-20(24(27)28-9-2)12-13-21(19)23(26)18(5)17(4)22-16(3)11-10-14-25(22,6)7/h12-13,15H,4,8-11,14H2,1-3,5-7H3/b23-18-. The zero-order valence-electron chi connectivity index (χ0n) is 18.2. The van der Waals surface area contributed by atoms with E-state index in [2.05, 4.69) is 27.4 Å². The van der Waals surface area contributed by atoms with Crippen molar-refractivity contribution in [1.82, 2.24) is 0 Å². The van der Waals surface area contributed by atoms with E-state index < -0.39 is 0 Å². The van der Waals surface area contributed by atoms with E-state index in [4.69, 9.17) is 4.74 Å². The fraction of sp³-hybridized carbons (Fsp3) is 0.480. The molecule has 0 spiro atoms. The predicted molar refractivity (Wildman–Crippen MR) is 115 cm³/mol. The van der Waals surface area contributed by atoms with E-state index in [9.17, 15) is 4.79 Å². The molecule has 0 bridgehead atoms. The van der Waals surface area contributed by atoms with Crippen LogP contribution in [-0.4, -0.2) is 12.6 Å². The fourth-order valence-corrected chi connectivity index (χ4v) is 4.25. The molecule has 0 radical (unpaired) electrons. The molecule has 1 aromatic carbocycles. The third kappa shape index (κ3) is 4.45. The molecule has 2 rings (SSSR count). The number of aryl methyl sites for hydroxylation is 1. The molecule has 2 nitrogen and oxygen atoms in total. The van der Waals surface area contributed by atoms with Crippen LogP contribution < -0.4 is 0 Å². The Morgan fingerprint density at radius 2 is 1.96 bits per heavy atom. The van der Waals surface area contributed by atoms with Crippen molar-refractivity contribution < 1.29 is 13.9 Å². The molecule has 0 unspecified atom stereocenters. The normalized spacial score (nSPS) is 17.2. The van der Waals surface area contributed by atoms with Crippen LogP contribution in [0.2, 0.25) is 0 Å². The molecule has 0 saturated heterocycles. The molecule has 0 heterocycles. The highest BCUT2D eigenvalue weighted by molar-refractivity contribution is 5.90. The van der Waals surface area contributed by atoms with Crippen molar-refractivity contribution >= 4 is 11.8 Å². The van der Waals surface area contributed by atoms with E-state index >= 15 is 4.39 Å². The summed E-state index contributed by atoms with van der Waals surface area (Å²) in [5, 5.41) is 0. The second-order valence-electron chi connectivity index (χ2n) is 8.26. The van der Waals surface area contributed by atoms with Gasteiger partial charge in [-0.25, -0.2) is 9.18 Å². The monoisotopic (exact) mass is 384 g/mol. The zero-order chi connectivity index (χ0) is 21.1. The number of esters is 1. The van der Waals surface area contributed by atoms with E-state index in [0.717, 1.165) is 30.4 Å². The van der Waals surface area contributed by atoms with Gasteiger partial charge < -0.3 is 4.74 Å². The van der Waals surface area contributed by atoms with Crippen molar-refractivity contribution in [1.29, 1.82) is 0 Å². The maximum Gasteiger partial charge on any atom is 0.338 e. The van der Waals surface area contributed by atoms with E-state index in [-0.39, 0.29) is 17.2 Å². The second kappa shape index (κ2) is 8.89. The third-order valence-corrected chi connectivity index (χ3v) is 5.77. The number of hydrogen-bond acceptors (Lipinski definition) is 2. The van der Waals surface area contributed by atoms with Crippen LogP contribution in [0.15, 0.2) is 47.1 Å². The van der Waals surface area contributed by atoms with Gasteiger partial charge in [0.25, 0.3) is 0 Å². The Hall–Kier alpha value is -2.16. The molecule has 0 aliphatic heterocycles. The van der Waals surface area contributed by atoms with Gasteiger partial charge in [-0.2, -0.15) is 0 Å². The van der Waals surface area contributed by atoms with Crippen LogP contribution in [0.1, 0.15) is 82.3 Å². The highest BCUT2D eigenvalue weighted by Gasteiger charge is 2.31. The maximum absolute atomic E-state index is 15.5. The lowest BCUT2D eigenvalue weighted by molar-refractivity contribution is 0.0526. The van der Waals surface area contributed by atoms with Gasteiger partial charge in [0.1, 0.15) is 5.83 Å². The van der Waals surface area contributed by atoms with Gasteiger partial charge >= 0.3 is 5.97 Å². The highest BCUT2D eigenvalue weighted by Crippen LogP contribution is 2.46. The summed E-state index contributed by atoms with van der Waals surface area (Å²) in [7, 11) is 0. The minimum atomic E-state index is -0.376. The Morgan fingerprint density at radius 3 is 2.54 bits per heavy atom. The molecule has 152 valence electrons. The lowest BCUT2D eigenvalue weighted by atomic mass is 9.69. The molecular formula is C25H33FO2. The Morgan fingerprint density at radius 1 is 1.29 bits per heavy atom. The predicted octanol–water partition coefficient (Wildman–Crippen LogP) is 7.21. The molecule has 0 saturated carbocycles. The molecule has 1 aromatic rings. The molecule has 1 aliphatic carbocycles. The van der Waals surface area contributed by atoms with Gasteiger partial charge in [0.2, 0.25) is 0 Å². The van der Waals surface area contributed by atoms with Gasteiger partial charge in [-0.3, -0.25) is 0 Å². The van der Waals surface area contributed by atoms with E-state index in [1.807, 2.05) is 6.92 Å². The molecule has 28 heavy (non-hydrogen) atoms. The smallest absolute Gasteiger partial charge is 0.338 e. The largest absolute Gasteiger partial charge is 0.462 e. The van der Waals surface area contributed by atoms with Crippen LogP contribution in [0, 0.1) is 5.41 Å². The van der Waals surface area contributed by atoms with Gasteiger partial charge in [0.15, 0.2) is 0 Å².